The molecule has 0 heterocycles. The van der Waals surface area contributed by atoms with E-state index in [1.54, 1.807) is 43.4 Å². The Balaban J connectivity index is 2.41. The van der Waals surface area contributed by atoms with Crippen molar-refractivity contribution in [3.8, 4) is 0 Å². The first-order valence-electron chi connectivity index (χ1n) is 7.13. The Hall–Kier alpha value is -2.02. The zero-order valence-electron chi connectivity index (χ0n) is 13.3. The SMILES string of the molecule is CN(C(=O)CSC(=N)N)c1ccc(Cl)cc1C(=O)c1ccccc1Cl. The highest BCUT2D eigenvalue weighted by Crippen LogP contribution is 2.28. The van der Waals surface area contributed by atoms with Crippen molar-refractivity contribution in [2.45, 2.75) is 0 Å². The maximum atomic E-state index is 12.9. The second-order valence-corrected chi connectivity index (χ2v) is 6.94. The summed E-state index contributed by atoms with van der Waals surface area (Å²) in [6.07, 6.45) is 0. The van der Waals surface area contributed by atoms with Crippen LogP contribution in [0.2, 0.25) is 10.0 Å². The van der Waals surface area contributed by atoms with E-state index in [1.807, 2.05) is 0 Å². The van der Waals surface area contributed by atoms with E-state index in [9.17, 15) is 9.59 Å². The van der Waals surface area contributed by atoms with Crippen molar-refractivity contribution in [2.75, 3.05) is 17.7 Å². The van der Waals surface area contributed by atoms with Gasteiger partial charge in [-0.1, -0.05) is 47.1 Å². The van der Waals surface area contributed by atoms with Crippen molar-refractivity contribution in [2.24, 2.45) is 5.73 Å². The average Bonchev–Trinajstić information content (AvgIpc) is 2.58. The Morgan fingerprint density at radius 2 is 1.84 bits per heavy atom. The predicted octanol–water partition coefficient (Wildman–Crippen LogP) is 3.81. The number of nitrogens with zero attached hydrogens (tertiary/aromatic N) is 1. The third-order valence-corrected chi connectivity index (χ3v) is 4.68. The summed E-state index contributed by atoms with van der Waals surface area (Å²) in [5.74, 6) is -0.633. The van der Waals surface area contributed by atoms with Gasteiger partial charge in [0.05, 0.1) is 16.5 Å². The number of benzene rings is 2. The van der Waals surface area contributed by atoms with Crippen LogP contribution in [0, 0.1) is 5.41 Å². The molecular weight excluding hydrogens is 381 g/mol. The second kappa shape index (κ2) is 8.38. The first-order chi connectivity index (χ1) is 11.8. The lowest BCUT2D eigenvalue weighted by atomic mass is 10.0. The minimum atomic E-state index is -0.332. The van der Waals surface area contributed by atoms with E-state index in [1.165, 1.54) is 11.0 Å². The number of ketones is 1. The van der Waals surface area contributed by atoms with E-state index in [-0.39, 0.29) is 28.2 Å². The molecule has 0 saturated heterocycles. The molecule has 2 rings (SSSR count). The van der Waals surface area contributed by atoms with Gasteiger partial charge in [-0.3, -0.25) is 15.0 Å². The molecule has 3 N–H and O–H groups in total. The highest BCUT2D eigenvalue weighted by Gasteiger charge is 2.21. The maximum Gasteiger partial charge on any atom is 0.237 e. The van der Waals surface area contributed by atoms with Crippen LogP contribution in [0.5, 0.6) is 0 Å². The fourth-order valence-corrected chi connectivity index (χ4v) is 3.01. The monoisotopic (exact) mass is 395 g/mol. The zero-order valence-corrected chi connectivity index (χ0v) is 15.6. The number of anilines is 1. The molecule has 0 aliphatic carbocycles. The molecule has 0 bridgehead atoms. The van der Waals surface area contributed by atoms with E-state index in [0.29, 0.717) is 21.3 Å². The molecule has 2 aromatic rings. The van der Waals surface area contributed by atoms with Gasteiger partial charge in [0, 0.05) is 23.2 Å². The first kappa shape index (κ1) is 19.3. The van der Waals surface area contributed by atoms with Crippen LogP contribution in [-0.2, 0) is 4.79 Å². The van der Waals surface area contributed by atoms with E-state index in [2.05, 4.69) is 0 Å². The molecule has 0 radical (unpaired) electrons. The molecule has 2 aromatic carbocycles. The van der Waals surface area contributed by atoms with Crippen LogP contribution in [0.4, 0.5) is 5.69 Å². The molecule has 0 atom stereocenters. The number of nitrogens with two attached hydrogens (primary N) is 1. The number of hydrogen-bond donors (Lipinski definition) is 2. The van der Waals surface area contributed by atoms with Crippen molar-refractivity contribution in [3.05, 3.63) is 63.6 Å². The van der Waals surface area contributed by atoms with Gasteiger partial charge in [-0.2, -0.15) is 0 Å². The first-order valence-corrected chi connectivity index (χ1v) is 8.87. The molecule has 130 valence electrons. The van der Waals surface area contributed by atoms with Gasteiger partial charge in [0.15, 0.2) is 11.0 Å². The fourth-order valence-electron chi connectivity index (χ4n) is 2.14. The number of rotatable bonds is 5. The summed E-state index contributed by atoms with van der Waals surface area (Å²) in [6.45, 7) is 0. The summed E-state index contributed by atoms with van der Waals surface area (Å²) in [7, 11) is 1.55. The summed E-state index contributed by atoms with van der Waals surface area (Å²) in [6, 6.07) is 11.4. The lowest BCUT2D eigenvalue weighted by molar-refractivity contribution is -0.115. The largest absolute Gasteiger partial charge is 0.379 e. The predicted molar refractivity (Wildman–Crippen MR) is 104 cm³/mol. The van der Waals surface area contributed by atoms with E-state index < -0.39 is 0 Å². The molecule has 0 aliphatic heterocycles. The average molecular weight is 396 g/mol. The van der Waals surface area contributed by atoms with E-state index >= 15 is 0 Å². The van der Waals surface area contributed by atoms with Gasteiger partial charge in [0.2, 0.25) is 5.91 Å². The number of amidine groups is 1. The maximum absolute atomic E-state index is 12.9. The van der Waals surface area contributed by atoms with E-state index in [4.69, 9.17) is 34.3 Å². The van der Waals surface area contributed by atoms with Crippen LogP contribution >= 0.6 is 35.0 Å². The van der Waals surface area contributed by atoms with Gasteiger partial charge in [-0.15, -0.1) is 0 Å². The molecule has 0 fully saturated rings. The molecule has 25 heavy (non-hydrogen) atoms. The molecule has 0 saturated carbocycles. The lowest BCUT2D eigenvalue weighted by Crippen LogP contribution is -2.30. The highest BCUT2D eigenvalue weighted by molar-refractivity contribution is 8.14. The van der Waals surface area contributed by atoms with Crippen molar-refractivity contribution < 1.29 is 9.59 Å². The topological polar surface area (TPSA) is 87.2 Å². The number of hydrogen-bond acceptors (Lipinski definition) is 4. The van der Waals surface area contributed by atoms with Gasteiger partial charge in [0.25, 0.3) is 0 Å². The van der Waals surface area contributed by atoms with Gasteiger partial charge in [-0.05, 0) is 30.3 Å². The number of thioether (sulfide) groups is 1. The van der Waals surface area contributed by atoms with Crippen molar-refractivity contribution in [1.29, 1.82) is 5.41 Å². The summed E-state index contributed by atoms with van der Waals surface area (Å²) < 4.78 is 0. The Labute approximate surface area is 159 Å². The third-order valence-electron chi connectivity index (χ3n) is 3.41. The molecule has 1 amide bonds. The normalized spacial score (nSPS) is 10.4. The fraction of sp³-hybridized carbons (Fsp3) is 0.118. The van der Waals surface area contributed by atoms with Crippen molar-refractivity contribution in [3.63, 3.8) is 0 Å². The van der Waals surface area contributed by atoms with Crippen LogP contribution in [0.25, 0.3) is 0 Å². The Kier molecular flexibility index (Phi) is 6.47. The zero-order chi connectivity index (χ0) is 18.6. The summed E-state index contributed by atoms with van der Waals surface area (Å²) in [4.78, 5) is 26.5. The van der Waals surface area contributed by atoms with Gasteiger partial charge >= 0.3 is 0 Å². The van der Waals surface area contributed by atoms with Gasteiger partial charge in [0.1, 0.15) is 0 Å². The summed E-state index contributed by atoms with van der Waals surface area (Å²) in [5, 5.41) is 7.74. The quantitative estimate of drug-likeness (QED) is 0.457. The number of amides is 1. The minimum absolute atomic E-state index is 0.00577. The smallest absolute Gasteiger partial charge is 0.237 e. The van der Waals surface area contributed by atoms with Crippen LogP contribution in [-0.4, -0.2) is 29.7 Å². The standard InChI is InChI=1S/C17H15Cl2N3O2S/c1-22(15(23)9-25-17(20)21)14-7-6-10(18)8-12(14)16(24)11-4-2-3-5-13(11)19/h2-8H,9H2,1H3,(H3,20,21). The van der Waals surface area contributed by atoms with Crippen LogP contribution in [0.3, 0.4) is 0 Å². The lowest BCUT2D eigenvalue weighted by Gasteiger charge is -2.20. The van der Waals surface area contributed by atoms with Gasteiger partial charge < -0.3 is 10.6 Å². The molecule has 5 nitrogen and oxygen atoms in total. The molecule has 0 spiro atoms. The molecule has 8 heteroatoms. The summed E-state index contributed by atoms with van der Waals surface area (Å²) >= 11 is 13.1. The summed E-state index contributed by atoms with van der Waals surface area (Å²) in [5.41, 5.74) is 6.26. The molecule has 0 aliphatic rings. The van der Waals surface area contributed by atoms with Crippen LogP contribution < -0.4 is 10.6 Å². The van der Waals surface area contributed by atoms with Crippen LogP contribution in [0.15, 0.2) is 42.5 Å². The number of nitrogens with one attached hydrogen (secondary N) is 1. The molecular formula is C17H15Cl2N3O2S. The van der Waals surface area contributed by atoms with Crippen molar-refractivity contribution in [1.82, 2.24) is 0 Å². The highest BCUT2D eigenvalue weighted by atomic mass is 35.5. The number of carbonyl (C=O) groups is 2. The van der Waals surface area contributed by atoms with Gasteiger partial charge in [-0.25, -0.2) is 0 Å². The Bertz CT molecular complexity index is 842. The Morgan fingerprint density at radius 1 is 1.16 bits per heavy atom. The molecule has 0 unspecified atom stereocenters. The van der Waals surface area contributed by atoms with Crippen molar-refractivity contribution >= 4 is 57.5 Å². The second-order valence-electron chi connectivity index (χ2n) is 5.08. The third kappa shape index (κ3) is 4.75. The Morgan fingerprint density at radius 3 is 2.48 bits per heavy atom. The van der Waals surface area contributed by atoms with E-state index in [0.717, 1.165) is 11.8 Å². The van der Waals surface area contributed by atoms with Crippen LogP contribution in [0.1, 0.15) is 15.9 Å². The molecule has 0 aromatic heterocycles. The number of carbonyl (C=O) groups excluding carboxylic acids is 2. The minimum Gasteiger partial charge on any atom is -0.379 e. The number of halogens is 2.